The van der Waals surface area contributed by atoms with Gasteiger partial charge in [0.05, 0.1) is 0 Å². The first-order chi connectivity index (χ1) is 7.81. The number of hydrogen-bond donors (Lipinski definition) is 4. The van der Waals surface area contributed by atoms with Crippen LogP contribution in [0.15, 0.2) is 0 Å². The summed E-state index contributed by atoms with van der Waals surface area (Å²) in [5.74, 6) is -0.745. The van der Waals surface area contributed by atoms with Crippen molar-refractivity contribution >= 4 is 5.97 Å². The van der Waals surface area contributed by atoms with Crippen molar-refractivity contribution in [3.05, 3.63) is 16.2 Å². The number of nitrogens with zero attached hydrogens (tertiary/aromatic N) is 1. The van der Waals surface area contributed by atoms with E-state index in [0.29, 0.717) is 0 Å². The van der Waals surface area contributed by atoms with Crippen molar-refractivity contribution in [2.45, 2.75) is 45.1 Å². The number of aliphatic carboxylic acids is 1. The third-order valence-corrected chi connectivity index (χ3v) is 2.01. The summed E-state index contributed by atoms with van der Waals surface area (Å²) in [7, 11) is 0. The Kier molecular flexibility index (Phi) is 17.9. The number of nitrogens with two attached hydrogens (primary N) is 2. The van der Waals surface area contributed by atoms with E-state index < -0.39 is 11.1 Å². The maximum atomic E-state index is 9.37. The zero-order valence-electron chi connectivity index (χ0n) is 10.2. The van der Waals surface area contributed by atoms with Gasteiger partial charge in [-0.1, -0.05) is 26.2 Å². The zero-order chi connectivity index (χ0) is 13.8. The largest absolute Gasteiger partial charge is 0.481 e. The predicted molar refractivity (Wildman–Crippen MR) is 60.6 cm³/mol. The molecule has 0 aromatic rings. The minimum Gasteiger partial charge on any atom is -0.481 e. The molecule has 0 saturated heterocycles. The van der Waals surface area contributed by atoms with Crippen molar-refractivity contribution in [3.63, 3.8) is 0 Å². The van der Waals surface area contributed by atoms with Gasteiger partial charge in [0.15, 0.2) is 0 Å². The molecule has 112 valence electrons. The molecule has 1 atom stereocenters. The molecule has 6 N–H and O–H groups in total. The van der Waals surface area contributed by atoms with Gasteiger partial charge in [-0.3, -0.25) is 4.79 Å². The number of carboxylic acid groups (broad SMARTS) is 1. The van der Waals surface area contributed by atoms with Crippen molar-refractivity contribution in [1.82, 2.24) is 0 Å². The van der Waals surface area contributed by atoms with E-state index in [1.54, 1.807) is 6.92 Å². The smallest absolute Gasteiger partial charge is 0.303 e. The number of carbonyl (C=O) groups is 1. The Bertz CT molecular complexity index is 216. The Balaban J connectivity index is -0.000000198. The fraction of sp³-hybridized carbons (Fsp3) is 0.778. The van der Waals surface area contributed by atoms with E-state index in [0.717, 1.165) is 18.9 Å². The molecular formula is C9H20N3O5Pt-. The molecule has 1 aliphatic rings. The van der Waals surface area contributed by atoms with Crippen molar-refractivity contribution < 1.29 is 41.3 Å². The minimum atomic E-state index is -1.50. The molecule has 0 bridgehead atoms. The Morgan fingerprint density at radius 3 is 2.11 bits per heavy atom. The van der Waals surface area contributed by atoms with Gasteiger partial charge in [-0.05, 0) is 0 Å². The second-order valence-electron chi connectivity index (χ2n) is 3.41. The van der Waals surface area contributed by atoms with Gasteiger partial charge in [0.25, 0.3) is 5.09 Å². The van der Waals surface area contributed by atoms with Crippen LogP contribution in [0.25, 0.3) is 0 Å². The SMILES string of the molecule is CCC(=O)O.N[C-]1CCCC[C@H]1N.O=[N+]([O-])O.[Pt]. The molecule has 0 aromatic carbocycles. The van der Waals surface area contributed by atoms with E-state index in [2.05, 4.69) is 0 Å². The van der Waals surface area contributed by atoms with Crippen LogP contribution in [0.1, 0.15) is 39.0 Å². The molecule has 0 spiro atoms. The fourth-order valence-electron chi connectivity index (χ4n) is 1.06. The Morgan fingerprint density at radius 2 is 1.94 bits per heavy atom. The first-order valence-corrected chi connectivity index (χ1v) is 5.23. The standard InChI is InChI=1S/C6H13N2.C3H6O2.HNO3.Pt/c7-5-3-1-2-4-6(5)8;1-2-3(4)5;2-1(3)4;/h5H,1-4,7-8H2;2H2,1H3,(H,4,5);(H,2,3,4);/q-1;;;/t5-;;;/m1.../s1. The summed E-state index contributed by atoms with van der Waals surface area (Å²) in [6.45, 7) is 1.60. The number of carboxylic acids is 1. The van der Waals surface area contributed by atoms with Crippen LogP contribution in [0, 0.1) is 16.2 Å². The van der Waals surface area contributed by atoms with Gasteiger partial charge in [0.2, 0.25) is 0 Å². The molecule has 1 rings (SSSR count). The third kappa shape index (κ3) is 20.7. The molecular weight excluding hydrogens is 425 g/mol. The van der Waals surface area contributed by atoms with Crippen molar-refractivity contribution in [2.75, 3.05) is 0 Å². The quantitative estimate of drug-likeness (QED) is 0.261. The summed E-state index contributed by atoms with van der Waals surface area (Å²) in [5, 5.41) is 21.4. The molecule has 0 aromatic heterocycles. The summed E-state index contributed by atoms with van der Waals surface area (Å²) in [4.78, 5) is 17.7. The zero-order valence-corrected chi connectivity index (χ0v) is 12.4. The van der Waals surface area contributed by atoms with Crippen LogP contribution < -0.4 is 11.5 Å². The summed E-state index contributed by atoms with van der Waals surface area (Å²) < 4.78 is 0. The van der Waals surface area contributed by atoms with Crippen LogP contribution in [0.4, 0.5) is 0 Å². The molecule has 9 heteroatoms. The van der Waals surface area contributed by atoms with Crippen LogP contribution in [-0.4, -0.2) is 27.4 Å². The predicted octanol–water partition coefficient (Wildman–Crippen LogP) is 0.509. The Hall–Kier alpha value is -0.722. The van der Waals surface area contributed by atoms with Gasteiger partial charge < -0.3 is 21.8 Å². The molecule has 0 unspecified atom stereocenters. The molecule has 0 radical (unpaired) electrons. The second kappa shape index (κ2) is 14.3. The fourth-order valence-corrected chi connectivity index (χ4v) is 1.06. The maximum absolute atomic E-state index is 9.37. The molecule has 1 aliphatic carbocycles. The van der Waals surface area contributed by atoms with Crippen LogP contribution in [0.5, 0.6) is 0 Å². The van der Waals surface area contributed by atoms with Gasteiger partial charge in [0, 0.05) is 27.5 Å². The van der Waals surface area contributed by atoms with E-state index in [9.17, 15) is 4.79 Å². The summed E-state index contributed by atoms with van der Waals surface area (Å²) in [5.41, 5.74) is 11.2. The second-order valence-corrected chi connectivity index (χ2v) is 3.41. The van der Waals surface area contributed by atoms with E-state index in [1.165, 1.54) is 12.8 Å². The van der Waals surface area contributed by atoms with Gasteiger partial charge in [0.1, 0.15) is 0 Å². The first-order valence-electron chi connectivity index (χ1n) is 5.23. The molecule has 18 heavy (non-hydrogen) atoms. The van der Waals surface area contributed by atoms with Crippen molar-refractivity contribution in [2.24, 2.45) is 11.5 Å². The van der Waals surface area contributed by atoms with E-state index in [4.69, 9.17) is 31.9 Å². The number of hydrogen-bond acceptors (Lipinski definition) is 5. The molecule has 8 nitrogen and oxygen atoms in total. The van der Waals surface area contributed by atoms with Gasteiger partial charge >= 0.3 is 5.97 Å². The van der Waals surface area contributed by atoms with E-state index >= 15 is 0 Å². The third-order valence-electron chi connectivity index (χ3n) is 2.01. The van der Waals surface area contributed by atoms with Crippen LogP contribution in [-0.2, 0) is 25.9 Å². The first kappa shape index (κ1) is 22.5. The van der Waals surface area contributed by atoms with Crippen LogP contribution in [0.3, 0.4) is 0 Å². The number of rotatable bonds is 1. The molecule has 1 fully saturated rings. The Morgan fingerprint density at radius 1 is 1.56 bits per heavy atom. The van der Waals surface area contributed by atoms with Crippen LogP contribution >= 0.6 is 0 Å². The van der Waals surface area contributed by atoms with Crippen molar-refractivity contribution in [1.29, 1.82) is 0 Å². The van der Waals surface area contributed by atoms with Gasteiger partial charge in [-0.25, -0.2) is 6.04 Å². The van der Waals surface area contributed by atoms with Gasteiger partial charge in [-0.15, -0.1) is 16.2 Å². The topological polar surface area (TPSA) is 153 Å². The van der Waals surface area contributed by atoms with E-state index in [1.807, 2.05) is 0 Å². The average Bonchev–Trinajstić information content (AvgIpc) is 2.22. The van der Waals surface area contributed by atoms with Crippen LogP contribution in [0.2, 0.25) is 0 Å². The normalized spacial score (nSPS) is 18.1. The summed E-state index contributed by atoms with van der Waals surface area (Å²) in [6, 6.07) is 1.19. The monoisotopic (exact) mass is 445 g/mol. The summed E-state index contributed by atoms with van der Waals surface area (Å²) >= 11 is 0. The Labute approximate surface area is 120 Å². The molecule has 1 saturated carbocycles. The molecule has 0 aliphatic heterocycles. The average molecular weight is 445 g/mol. The van der Waals surface area contributed by atoms with E-state index in [-0.39, 0.29) is 33.5 Å². The summed E-state index contributed by atoms with van der Waals surface area (Å²) in [6.07, 6.45) is 4.84. The maximum Gasteiger partial charge on any atom is 0.303 e. The van der Waals surface area contributed by atoms with Gasteiger partial charge in [-0.2, -0.15) is 6.42 Å². The van der Waals surface area contributed by atoms with Crippen molar-refractivity contribution in [3.8, 4) is 0 Å². The minimum absolute atomic E-state index is 0. The molecule has 0 heterocycles. The molecule has 0 amide bonds.